The van der Waals surface area contributed by atoms with E-state index in [1.54, 1.807) is 0 Å². The molecule has 0 heterocycles. The molecule has 0 unspecified atom stereocenters. The van der Waals surface area contributed by atoms with E-state index in [1.807, 2.05) is 6.07 Å². The number of hydrogen-bond donors (Lipinski definition) is 1. The molecule has 15 heavy (non-hydrogen) atoms. The van der Waals surface area contributed by atoms with Gasteiger partial charge in [0.25, 0.3) is 5.69 Å². The summed E-state index contributed by atoms with van der Waals surface area (Å²) in [5.74, 6) is 5.27. The van der Waals surface area contributed by atoms with Gasteiger partial charge in [-0.25, -0.2) is 0 Å². The number of nitro benzene ring substituents is 1. The lowest BCUT2D eigenvalue weighted by molar-refractivity contribution is -0.383. The first-order valence-corrected chi connectivity index (χ1v) is 4.05. The quantitative estimate of drug-likeness (QED) is 0.322. The summed E-state index contributed by atoms with van der Waals surface area (Å²) >= 11 is 0. The number of rotatable bonds is 1. The zero-order chi connectivity index (χ0) is 11.3. The minimum absolute atomic E-state index is 0.0729. The van der Waals surface area contributed by atoms with Crippen LogP contribution in [0.4, 0.5) is 11.4 Å². The van der Waals surface area contributed by atoms with Crippen LogP contribution in [0.5, 0.6) is 0 Å². The van der Waals surface area contributed by atoms with Crippen LogP contribution in [0.1, 0.15) is 12.0 Å². The van der Waals surface area contributed by atoms with E-state index in [-0.39, 0.29) is 17.8 Å². The van der Waals surface area contributed by atoms with Crippen molar-refractivity contribution in [1.29, 1.82) is 5.26 Å². The predicted octanol–water partition coefficient (Wildman–Crippen LogP) is 1.44. The summed E-state index contributed by atoms with van der Waals surface area (Å²) in [5.41, 5.74) is 5.95. The molecular formula is C10H7N3O2. The van der Waals surface area contributed by atoms with Gasteiger partial charge in [0, 0.05) is 11.6 Å². The first-order chi connectivity index (χ1) is 7.15. The Hall–Kier alpha value is -2.53. The molecule has 2 N–H and O–H groups in total. The van der Waals surface area contributed by atoms with Crippen LogP contribution in [-0.2, 0) is 0 Å². The smallest absolute Gasteiger partial charge is 0.292 e. The Labute approximate surface area is 86.3 Å². The molecule has 5 heteroatoms. The molecule has 0 saturated carbocycles. The van der Waals surface area contributed by atoms with Gasteiger partial charge < -0.3 is 5.73 Å². The van der Waals surface area contributed by atoms with Crippen LogP contribution >= 0.6 is 0 Å². The lowest BCUT2D eigenvalue weighted by Crippen LogP contribution is -1.95. The van der Waals surface area contributed by atoms with Crippen LogP contribution in [0.15, 0.2) is 18.2 Å². The van der Waals surface area contributed by atoms with E-state index in [4.69, 9.17) is 11.0 Å². The molecular weight excluding hydrogens is 194 g/mol. The fraction of sp³-hybridized carbons (Fsp3) is 0.100. The van der Waals surface area contributed by atoms with Gasteiger partial charge in [0.15, 0.2) is 0 Å². The molecule has 0 atom stereocenters. The van der Waals surface area contributed by atoms with Gasteiger partial charge in [-0.15, -0.1) is 0 Å². The number of nitriles is 1. The van der Waals surface area contributed by atoms with Crippen LogP contribution in [0, 0.1) is 33.3 Å². The lowest BCUT2D eigenvalue weighted by Gasteiger charge is -1.96. The molecule has 0 saturated heterocycles. The van der Waals surface area contributed by atoms with Gasteiger partial charge in [-0.05, 0) is 12.1 Å². The van der Waals surface area contributed by atoms with Crippen molar-refractivity contribution in [3.05, 3.63) is 33.9 Å². The van der Waals surface area contributed by atoms with Gasteiger partial charge in [-0.1, -0.05) is 11.8 Å². The summed E-state index contributed by atoms with van der Waals surface area (Å²) in [7, 11) is 0. The molecule has 0 fully saturated rings. The second-order valence-electron chi connectivity index (χ2n) is 2.67. The fourth-order valence-corrected chi connectivity index (χ4v) is 0.984. The van der Waals surface area contributed by atoms with Crippen molar-refractivity contribution in [2.24, 2.45) is 0 Å². The van der Waals surface area contributed by atoms with Crippen molar-refractivity contribution >= 4 is 11.4 Å². The molecule has 0 bridgehead atoms. The third-order valence-corrected chi connectivity index (χ3v) is 1.62. The minimum atomic E-state index is -0.554. The van der Waals surface area contributed by atoms with E-state index >= 15 is 0 Å². The Kier molecular flexibility index (Phi) is 3.26. The first-order valence-electron chi connectivity index (χ1n) is 4.05. The van der Waals surface area contributed by atoms with Gasteiger partial charge in [0.05, 0.1) is 17.4 Å². The monoisotopic (exact) mass is 201 g/mol. The highest BCUT2D eigenvalue weighted by Gasteiger charge is 2.09. The Morgan fingerprint density at radius 3 is 2.80 bits per heavy atom. The molecule has 1 aromatic rings. The van der Waals surface area contributed by atoms with E-state index in [0.717, 1.165) is 0 Å². The standard InChI is InChI=1S/C10H7N3O2/c11-6-2-1-3-8-4-5-10(13(14)15)9(12)7-8/h4-5,7H,2,12H2. The summed E-state index contributed by atoms with van der Waals surface area (Å²) in [6, 6.07) is 6.08. The maximum absolute atomic E-state index is 10.4. The van der Waals surface area contributed by atoms with Crippen molar-refractivity contribution < 1.29 is 4.92 Å². The number of hydrogen-bond acceptors (Lipinski definition) is 4. The number of nitrogen functional groups attached to an aromatic ring is 1. The average Bonchev–Trinajstić information content (AvgIpc) is 2.17. The Morgan fingerprint density at radius 2 is 2.27 bits per heavy atom. The Morgan fingerprint density at radius 1 is 1.53 bits per heavy atom. The van der Waals surface area contributed by atoms with Crippen LogP contribution in [0.25, 0.3) is 0 Å². The van der Waals surface area contributed by atoms with Gasteiger partial charge in [-0.3, -0.25) is 10.1 Å². The van der Waals surface area contributed by atoms with Crippen molar-refractivity contribution in [3.8, 4) is 17.9 Å². The zero-order valence-electron chi connectivity index (χ0n) is 7.73. The molecule has 0 aromatic heterocycles. The normalized spacial score (nSPS) is 8.47. The number of nitrogens with zero attached hydrogens (tertiary/aromatic N) is 2. The van der Waals surface area contributed by atoms with Crippen LogP contribution in [-0.4, -0.2) is 4.92 Å². The van der Waals surface area contributed by atoms with Gasteiger partial charge in [-0.2, -0.15) is 5.26 Å². The highest BCUT2D eigenvalue weighted by molar-refractivity contribution is 5.61. The van der Waals surface area contributed by atoms with Crippen molar-refractivity contribution in [3.63, 3.8) is 0 Å². The van der Waals surface area contributed by atoms with Crippen molar-refractivity contribution in [1.82, 2.24) is 0 Å². The SMILES string of the molecule is N#CCC#Cc1ccc([N+](=O)[O-])c(N)c1. The molecule has 1 aromatic carbocycles. The molecule has 1 rings (SSSR count). The Bertz CT molecular complexity index is 492. The molecule has 0 amide bonds. The molecule has 74 valence electrons. The summed E-state index contributed by atoms with van der Waals surface area (Å²) in [6.07, 6.45) is 0.122. The summed E-state index contributed by atoms with van der Waals surface area (Å²) in [5, 5.41) is 18.7. The van der Waals surface area contributed by atoms with Crippen LogP contribution in [0.2, 0.25) is 0 Å². The minimum Gasteiger partial charge on any atom is -0.393 e. The van der Waals surface area contributed by atoms with Crippen molar-refractivity contribution in [2.45, 2.75) is 6.42 Å². The zero-order valence-corrected chi connectivity index (χ0v) is 7.73. The number of nitro groups is 1. The molecule has 0 spiro atoms. The predicted molar refractivity (Wildman–Crippen MR) is 54.6 cm³/mol. The van der Waals surface area contributed by atoms with E-state index in [0.29, 0.717) is 5.56 Å². The molecule has 0 aliphatic carbocycles. The van der Waals surface area contributed by atoms with Crippen LogP contribution in [0.3, 0.4) is 0 Å². The molecule has 0 aliphatic heterocycles. The second-order valence-corrected chi connectivity index (χ2v) is 2.67. The first kappa shape index (κ1) is 10.6. The number of benzene rings is 1. The number of nitrogens with two attached hydrogens (primary N) is 1. The van der Waals surface area contributed by atoms with Gasteiger partial charge in [0.1, 0.15) is 5.69 Å². The average molecular weight is 201 g/mol. The van der Waals surface area contributed by atoms with Crippen molar-refractivity contribution in [2.75, 3.05) is 5.73 Å². The highest BCUT2D eigenvalue weighted by atomic mass is 16.6. The molecule has 0 aliphatic rings. The largest absolute Gasteiger partial charge is 0.393 e. The van der Waals surface area contributed by atoms with Gasteiger partial charge in [0.2, 0.25) is 0 Å². The maximum Gasteiger partial charge on any atom is 0.292 e. The number of anilines is 1. The second kappa shape index (κ2) is 4.64. The van der Waals surface area contributed by atoms with E-state index < -0.39 is 4.92 Å². The van der Waals surface area contributed by atoms with Gasteiger partial charge >= 0.3 is 0 Å². The van der Waals surface area contributed by atoms with Crippen LogP contribution < -0.4 is 5.73 Å². The summed E-state index contributed by atoms with van der Waals surface area (Å²) in [4.78, 5) is 9.89. The summed E-state index contributed by atoms with van der Waals surface area (Å²) < 4.78 is 0. The molecule has 5 nitrogen and oxygen atoms in total. The summed E-state index contributed by atoms with van der Waals surface area (Å²) in [6.45, 7) is 0. The Balaban J connectivity index is 2.99. The van der Waals surface area contributed by atoms with E-state index in [9.17, 15) is 10.1 Å². The van der Waals surface area contributed by atoms with E-state index in [2.05, 4.69) is 11.8 Å². The lowest BCUT2D eigenvalue weighted by atomic mass is 10.2. The fourth-order valence-electron chi connectivity index (χ4n) is 0.984. The van der Waals surface area contributed by atoms with E-state index in [1.165, 1.54) is 18.2 Å². The third-order valence-electron chi connectivity index (χ3n) is 1.62. The third kappa shape index (κ3) is 2.71. The topological polar surface area (TPSA) is 92.9 Å². The maximum atomic E-state index is 10.4. The highest BCUT2D eigenvalue weighted by Crippen LogP contribution is 2.21. The molecule has 0 radical (unpaired) electrons.